The number of piperidine rings is 1. The van der Waals surface area contributed by atoms with Crippen LogP contribution in [-0.4, -0.2) is 39.8 Å². The molecule has 8 heteroatoms. The first kappa shape index (κ1) is 20.5. The van der Waals surface area contributed by atoms with E-state index in [0.29, 0.717) is 11.6 Å². The molecule has 1 aromatic carbocycles. The minimum atomic E-state index is -0.126. The normalized spacial score (nSPS) is 23.4. The fraction of sp³-hybridized carbons (Fsp3) is 0.522. The van der Waals surface area contributed by atoms with E-state index in [-0.39, 0.29) is 18.0 Å². The highest BCUT2D eigenvalue weighted by molar-refractivity contribution is 6.31. The summed E-state index contributed by atoms with van der Waals surface area (Å²) in [7, 11) is 0. The number of fused-ring (bicyclic) bond motifs is 3. The van der Waals surface area contributed by atoms with Crippen molar-refractivity contribution in [3.63, 3.8) is 0 Å². The molecule has 0 aliphatic carbocycles. The number of benzene rings is 1. The summed E-state index contributed by atoms with van der Waals surface area (Å²) in [4.78, 5) is 25.1. The van der Waals surface area contributed by atoms with Crippen LogP contribution in [0.5, 0.6) is 0 Å². The van der Waals surface area contributed by atoms with E-state index in [0.717, 1.165) is 60.9 Å². The Morgan fingerprint density at radius 2 is 2.13 bits per heavy atom. The molecule has 4 heterocycles. The number of rotatable bonds is 3. The number of nitrogens with zero attached hydrogens (tertiary/aromatic N) is 4. The van der Waals surface area contributed by atoms with Gasteiger partial charge >= 0.3 is 0 Å². The number of carbonyl (C=O) groups is 1. The average Bonchev–Trinajstić information content (AvgIpc) is 2.97. The molecule has 164 valence electrons. The molecular formula is C23H29ClN6O. The van der Waals surface area contributed by atoms with Crippen LogP contribution in [0.4, 0.5) is 11.5 Å². The molecule has 7 nitrogen and oxygen atoms in total. The molecule has 3 aliphatic heterocycles. The maximum Gasteiger partial charge on any atom is 0.228 e. The molecule has 5 rings (SSSR count). The third kappa shape index (κ3) is 3.96. The van der Waals surface area contributed by atoms with Gasteiger partial charge in [-0.15, -0.1) is 0 Å². The molecule has 3 aliphatic rings. The number of aromatic nitrogens is 2. The summed E-state index contributed by atoms with van der Waals surface area (Å²) < 4.78 is 2.33. The Morgan fingerprint density at radius 1 is 1.23 bits per heavy atom. The molecule has 2 N–H and O–H groups in total. The molecule has 31 heavy (non-hydrogen) atoms. The maximum absolute atomic E-state index is 13.1. The van der Waals surface area contributed by atoms with Gasteiger partial charge in [0.15, 0.2) is 6.17 Å². The highest BCUT2D eigenvalue weighted by Crippen LogP contribution is 2.36. The van der Waals surface area contributed by atoms with Crippen molar-refractivity contribution in [3.8, 4) is 0 Å². The lowest BCUT2D eigenvalue weighted by Gasteiger charge is -2.36. The van der Waals surface area contributed by atoms with Gasteiger partial charge < -0.3 is 15.2 Å². The van der Waals surface area contributed by atoms with Gasteiger partial charge in [0.25, 0.3) is 0 Å². The number of aryl methyl sites for hydroxylation is 1. The third-order valence-electron chi connectivity index (χ3n) is 6.71. The van der Waals surface area contributed by atoms with Gasteiger partial charge in [0.2, 0.25) is 5.91 Å². The zero-order valence-corrected chi connectivity index (χ0v) is 18.7. The number of nitrogens with one attached hydrogen (secondary N) is 2. The highest BCUT2D eigenvalue weighted by atomic mass is 35.5. The van der Waals surface area contributed by atoms with Gasteiger partial charge in [0, 0.05) is 36.8 Å². The molecule has 1 amide bonds. The van der Waals surface area contributed by atoms with Gasteiger partial charge in [-0.25, -0.2) is 9.98 Å². The van der Waals surface area contributed by atoms with Crippen molar-refractivity contribution in [1.82, 2.24) is 14.5 Å². The lowest BCUT2D eigenvalue weighted by molar-refractivity contribution is -0.121. The average molecular weight is 441 g/mol. The van der Waals surface area contributed by atoms with E-state index in [1.165, 1.54) is 19.3 Å². The van der Waals surface area contributed by atoms with Crippen LogP contribution in [-0.2, 0) is 17.8 Å². The Bertz CT molecular complexity index is 1020. The van der Waals surface area contributed by atoms with E-state index in [2.05, 4.69) is 20.1 Å². The largest absolute Gasteiger partial charge is 0.331 e. The third-order valence-corrected chi connectivity index (χ3v) is 7.12. The number of amides is 1. The number of carbonyl (C=O) groups excluding carboxylic acids is 1. The van der Waals surface area contributed by atoms with Crippen LogP contribution in [0.15, 0.2) is 23.2 Å². The van der Waals surface area contributed by atoms with Gasteiger partial charge in [-0.1, -0.05) is 24.1 Å². The zero-order chi connectivity index (χ0) is 21.4. The SMILES string of the molecule is Cc1c(Cl)cccc1NC(=O)[C@H]1CCCN([C@@H]2N=CNc3c2nc2n3CCCCC2)C1. The second-order valence-corrected chi connectivity index (χ2v) is 9.16. The van der Waals surface area contributed by atoms with Crippen molar-refractivity contribution in [2.75, 3.05) is 23.7 Å². The van der Waals surface area contributed by atoms with Crippen molar-refractivity contribution in [2.24, 2.45) is 10.9 Å². The molecule has 0 radical (unpaired) electrons. The Balaban J connectivity index is 1.33. The van der Waals surface area contributed by atoms with Crippen molar-refractivity contribution in [2.45, 2.75) is 58.2 Å². The highest BCUT2D eigenvalue weighted by Gasteiger charge is 2.35. The van der Waals surface area contributed by atoms with Crippen LogP contribution in [0.2, 0.25) is 5.02 Å². The van der Waals surface area contributed by atoms with Crippen LogP contribution in [0.3, 0.4) is 0 Å². The maximum atomic E-state index is 13.1. The Labute approximate surface area is 187 Å². The van der Waals surface area contributed by atoms with Crippen molar-refractivity contribution >= 4 is 35.4 Å². The van der Waals surface area contributed by atoms with Crippen LogP contribution in [0, 0.1) is 12.8 Å². The summed E-state index contributed by atoms with van der Waals surface area (Å²) in [5.74, 6) is 2.21. The minimum Gasteiger partial charge on any atom is -0.331 e. The topological polar surface area (TPSA) is 74.6 Å². The molecule has 1 aromatic heterocycles. The van der Waals surface area contributed by atoms with Crippen molar-refractivity contribution in [3.05, 3.63) is 40.3 Å². The smallest absolute Gasteiger partial charge is 0.228 e. The first-order valence-corrected chi connectivity index (χ1v) is 11.7. The first-order valence-electron chi connectivity index (χ1n) is 11.3. The first-order chi connectivity index (χ1) is 15.1. The molecule has 2 aromatic rings. The monoisotopic (exact) mass is 440 g/mol. The van der Waals surface area contributed by atoms with E-state index in [1.54, 1.807) is 6.34 Å². The quantitative estimate of drug-likeness (QED) is 0.742. The second kappa shape index (κ2) is 8.63. The van der Waals surface area contributed by atoms with Crippen LogP contribution in [0.1, 0.15) is 55.4 Å². The van der Waals surface area contributed by atoms with E-state index < -0.39 is 0 Å². The van der Waals surface area contributed by atoms with Gasteiger partial charge in [0.1, 0.15) is 17.3 Å². The summed E-state index contributed by atoms with van der Waals surface area (Å²) in [6, 6.07) is 5.61. The Morgan fingerprint density at radius 3 is 3.03 bits per heavy atom. The summed E-state index contributed by atoms with van der Waals surface area (Å²) in [5.41, 5.74) is 2.69. The molecule has 2 atom stereocenters. The Kier molecular flexibility index (Phi) is 5.71. The van der Waals surface area contributed by atoms with Crippen molar-refractivity contribution in [1.29, 1.82) is 0 Å². The minimum absolute atomic E-state index is 0.0498. The zero-order valence-electron chi connectivity index (χ0n) is 17.9. The molecule has 0 unspecified atom stereocenters. The van der Waals surface area contributed by atoms with E-state index >= 15 is 0 Å². The summed E-state index contributed by atoms with van der Waals surface area (Å²) in [5, 5.41) is 7.09. The molecule has 1 fully saturated rings. The van der Waals surface area contributed by atoms with E-state index in [4.69, 9.17) is 21.6 Å². The number of imidazole rings is 1. The van der Waals surface area contributed by atoms with Crippen LogP contribution < -0.4 is 10.6 Å². The van der Waals surface area contributed by atoms with Gasteiger partial charge in [0.05, 0.1) is 12.3 Å². The summed E-state index contributed by atoms with van der Waals surface area (Å²) >= 11 is 6.22. The predicted octanol–water partition coefficient (Wildman–Crippen LogP) is 4.37. The second-order valence-electron chi connectivity index (χ2n) is 8.76. The van der Waals surface area contributed by atoms with Gasteiger partial charge in [-0.2, -0.15) is 0 Å². The van der Waals surface area contributed by atoms with Crippen LogP contribution >= 0.6 is 11.6 Å². The number of hydrogen-bond donors (Lipinski definition) is 2. The van der Waals surface area contributed by atoms with Crippen molar-refractivity contribution < 1.29 is 4.79 Å². The Hall–Kier alpha value is -2.38. The number of anilines is 2. The number of likely N-dealkylation sites (tertiary alicyclic amines) is 1. The van der Waals surface area contributed by atoms with E-state index in [1.807, 2.05) is 25.1 Å². The fourth-order valence-electron chi connectivity index (χ4n) is 4.94. The number of halogens is 1. The van der Waals surface area contributed by atoms with E-state index in [9.17, 15) is 4.79 Å². The van der Waals surface area contributed by atoms with Gasteiger partial charge in [-0.3, -0.25) is 9.69 Å². The fourth-order valence-corrected chi connectivity index (χ4v) is 5.11. The predicted molar refractivity (Wildman–Crippen MR) is 124 cm³/mol. The molecule has 0 spiro atoms. The lowest BCUT2D eigenvalue weighted by atomic mass is 9.96. The van der Waals surface area contributed by atoms with Crippen LogP contribution in [0.25, 0.3) is 0 Å². The molecular weight excluding hydrogens is 412 g/mol. The molecule has 0 saturated carbocycles. The molecule has 1 saturated heterocycles. The standard InChI is InChI=1S/C23H29ClN6O/c1-15-17(24)8-5-9-18(15)27-23(31)16-7-6-11-29(13-16)21-20-22(26-14-25-21)30-12-4-2-3-10-19(30)28-20/h5,8-9,14,16,21H,2-4,6-7,10-13H2,1H3,(H,25,26)(H,27,31)/t16-,21-/m0/s1. The summed E-state index contributed by atoms with van der Waals surface area (Å²) in [6.45, 7) is 4.53. The summed E-state index contributed by atoms with van der Waals surface area (Å²) in [6.07, 6.45) is 8.17. The number of aliphatic imine (C=N–C) groups is 1. The number of hydrogen-bond acceptors (Lipinski definition) is 5. The lowest BCUT2D eigenvalue weighted by Crippen LogP contribution is -2.43. The molecule has 0 bridgehead atoms. The van der Waals surface area contributed by atoms with Gasteiger partial charge in [-0.05, 0) is 50.3 Å².